The number of amides is 1. The summed E-state index contributed by atoms with van der Waals surface area (Å²) in [5.41, 5.74) is 1.94. The van der Waals surface area contributed by atoms with Gasteiger partial charge in [-0.25, -0.2) is 0 Å². The van der Waals surface area contributed by atoms with Crippen molar-refractivity contribution in [3.05, 3.63) is 52.4 Å². The average molecular weight is 375 g/mol. The van der Waals surface area contributed by atoms with Crippen LogP contribution in [0.2, 0.25) is 10.0 Å². The summed E-state index contributed by atoms with van der Waals surface area (Å²) in [6.45, 7) is 0. The molecule has 1 aliphatic carbocycles. The molecule has 1 amide bonds. The molecular weight excluding hydrogens is 359 g/mol. The third-order valence-corrected chi connectivity index (χ3v) is 5.22. The maximum Gasteiger partial charge on any atom is 0.258 e. The van der Waals surface area contributed by atoms with Crippen LogP contribution >= 0.6 is 23.2 Å². The molecule has 128 valence electrons. The molecular formula is C18H16Cl2N4O. The number of nitrogens with one attached hydrogen (secondary N) is 1. The number of pyridine rings is 1. The Morgan fingerprint density at radius 2 is 1.84 bits per heavy atom. The highest BCUT2D eigenvalue weighted by Crippen LogP contribution is 2.38. The Kier molecular flexibility index (Phi) is 4.36. The molecule has 1 aliphatic rings. The van der Waals surface area contributed by atoms with Crippen LogP contribution in [0.5, 0.6) is 0 Å². The monoisotopic (exact) mass is 374 g/mol. The van der Waals surface area contributed by atoms with Crippen molar-refractivity contribution in [2.45, 2.75) is 31.7 Å². The molecule has 4 rings (SSSR count). The van der Waals surface area contributed by atoms with E-state index in [1.165, 1.54) is 12.4 Å². The number of carbonyl (C=O) groups is 1. The van der Waals surface area contributed by atoms with Crippen molar-refractivity contribution >= 4 is 45.7 Å². The van der Waals surface area contributed by atoms with Gasteiger partial charge in [-0.2, -0.15) is 5.10 Å². The number of nitrogens with zero attached hydrogens (tertiary/aromatic N) is 3. The fourth-order valence-electron chi connectivity index (χ4n) is 3.46. The molecule has 25 heavy (non-hydrogen) atoms. The highest BCUT2D eigenvalue weighted by atomic mass is 35.5. The van der Waals surface area contributed by atoms with Gasteiger partial charge in [-0.05, 0) is 25.0 Å². The van der Waals surface area contributed by atoms with Gasteiger partial charge < -0.3 is 4.90 Å². The summed E-state index contributed by atoms with van der Waals surface area (Å²) >= 11 is 12.7. The average Bonchev–Trinajstić information content (AvgIpc) is 3.28. The summed E-state index contributed by atoms with van der Waals surface area (Å²) in [5.74, 6) is -0.113. The van der Waals surface area contributed by atoms with Crippen LogP contribution in [-0.2, 0) is 0 Å². The second kappa shape index (κ2) is 6.65. The molecule has 2 heterocycles. The molecule has 1 aromatic carbocycles. The summed E-state index contributed by atoms with van der Waals surface area (Å²) in [6.07, 6.45) is 8.84. The molecule has 0 saturated heterocycles. The second-order valence-electron chi connectivity index (χ2n) is 6.24. The van der Waals surface area contributed by atoms with E-state index >= 15 is 0 Å². The van der Waals surface area contributed by atoms with Crippen LogP contribution in [0.25, 0.3) is 10.9 Å². The van der Waals surface area contributed by atoms with Gasteiger partial charge in [-0.1, -0.05) is 42.1 Å². The van der Waals surface area contributed by atoms with Gasteiger partial charge in [-0.15, -0.1) is 0 Å². The summed E-state index contributed by atoms with van der Waals surface area (Å²) in [5, 5.41) is 8.64. The van der Waals surface area contributed by atoms with Crippen LogP contribution in [0, 0.1) is 0 Å². The van der Waals surface area contributed by atoms with Crippen LogP contribution in [-0.4, -0.2) is 27.1 Å². The molecule has 0 spiro atoms. The predicted molar refractivity (Wildman–Crippen MR) is 99.4 cm³/mol. The van der Waals surface area contributed by atoms with Gasteiger partial charge in [0.15, 0.2) is 0 Å². The highest BCUT2D eigenvalue weighted by molar-refractivity contribution is 6.40. The normalized spacial score (nSPS) is 15.0. The fourth-order valence-corrected chi connectivity index (χ4v) is 4.00. The molecule has 0 unspecified atom stereocenters. The minimum absolute atomic E-state index is 0.0855. The number of aromatic nitrogens is 3. The van der Waals surface area contributed by atoms with Crippen LogP contribution in [0.1, 0.15) is 36.0 Å². The zero-order valence-corrected chi connectivity index (χ0v) is 14.9. The molecule has 0 radical (unpaired) electrons. The van der Waals surface area contributed by atoms with Gasteiger partial charge >= 0.3 is 0 Å². The third kappa shape index (κ3) is 2.98. The Hall–Kier alpha value is -2.11. The molecule has 2 aromatic heterocycles. The molecule has 0 atom stereocenters. The van der Waals surface area contributed by atoms with Crippen molar-refractivity contribution in [2.75, 3.05) is 4.90 Å². The summed E-state index contributed by atoms with van der Waals surface area (Å²) in [7, 11) is 0. The molecule has 1 saturated carbocycles. The first-order valence-corrected chi connectivity index (χ1v) is 8.96. The molecule has 5 nitrogen and oxygen atoms in total. The quantitative estimate of drug-likeness (QED) is 0.712. The van der Waals surface area contributed by atoms with Crippen molar-refractivity contribution in [3.8, 4) is 0 Å². The number of hydrogen-bond acceptors (Lipinski definition) is 3. The molecule has 0 bridgehead atoms. The van der Waals surface area contributed by atoms with E-state index in [0.717, 1.165) is 36.6 Å². The number of benzene rings is 1. The van der Waals surface area contributed by atoms with Crippen LogP contribution in [0.15, 0.2) is 36.8 Å². The molecule has 7 heteroatoms. The first-order valence-electron chi connectivity index (χ1n) is 8.21. The third-order valence-electron chi connectivity index (χ3n) is 4.67. The summed E-state index contributed by atoms with van der Waals surface area (Å²) in [6, 6.07) is 5.59. The lowest BCUT2D eigenvalue weighted by Gasteiger charge is -2.30. The van der Waals surface area contributed by atoms with E-state index in [1.54, 1.807) is 11.1 Å². The lowest BCUT2D eigenvalue weighted by molar-refractivity contribution is 0.0977. The number of anilines is 1. The Morgan fingerprint density at radius 1 is 1.12 bits per heavy atom. The summed E-state index contributed by atoms with van der Waals surface area (Å²) in [4.78, 5) is 19.1. The lowest BCUT2D eigenvalue weighted by atomic mass is 10.1. The molecule has 3 aromatic rings. The van der Waals surface area contributed by atoms with Crippen LogP contribution in [0.4, 0.5) is 5.69 Å². The number of carbonyl (C=O) groups excluding carboxylic acids is 1. The number of hydrogen-bond donors (Lipinski definition) is 1. The van der Waals surface area contributed by atoms with E-state index in [1.807, 2.05) is 18.2 Å². The van der Waals surface area contributed by atoms with Crippen molar-refractivity contribution in [1.82, 2.24) is 15.2 Å². The van der Waals surface area contributed by atoms with Crippen molar-refractivity contribution < 1.29 is 4.79 Å². The Balaban J connectivity index is 1.80. The maximum atomic E-state index is 13.4. The van der Waals surface area contributed by atoms with Gasteiger partial charge in [-0.3, -0.25) is 14.9 Å². The minimum Gasteiger partial charge on any atom is -0.302 e. The minimum atomic E-state index is -0.113. The topological polar surface area (TPSA) is 61.9 Å². The molecule has 1 fully saturated rings. The van der Waals surface area contributed by atoms with Crippen molar-refractivity contribution in [2.24, 2.45) is 0 Å². The van der Waals surface area contributed by atoms with E-state index in [9.17, 15) is 4.79 Å². The SMILES string of the molecule is O=C(c1ccc2cn[nH]c2c1)N(c1c(Cl)cncc1Cl)C1CCCC1. The van der Waals surface area contributed by atoms with Gasteiger partial charge in [0, 0.05) is 29.4 Å². The van der Waals surface area contributed by atoms with E-state index < -0.39 is 0 Å². The molecule has 1 N–H and O–H groups in total. The van der Waals surface area contributed by atoms with Crippen molar-refractivity contribution in [1.29, 1.82) is 0 Å². The number of rotatable bonds is 3. The van der Waals surface area contributed by atoms with E-state index in [4.69, 9.17) is 23.2 Å². The largest absolute Gasteiger partial charge is 0.302 e. The van der Waals surface area contributed by atoms with Crippen molar-refractivity contribution in [3.63, 3.8) is 0 Å². The highest BCUT2D eigenvalue weighted by Gasteiger charge is 2.32. The fraction of sp³-hybridized carbons (Fsp3) is 0.278. The van der Waals surface area contributed by atoms with Crippen LogP contribution in [0.3, 0.4) is 0 Å². The zero-order valence-electron chi connectivity index (χ0n) is 13.4. The first kappa shape index (κ1) is 16.4. The van der Waals surface area contributed by atoms with E-state index in [2.05, 4.69) is 15.2 Å². The molecule has 0 aliphatic heterocycles. The number of fused-ring (bicyclic) bond motifs is 1. The number of H-pyrrole nitrogens is 1. The maximum absolute atomic E-state index is 13.4. The predicted octanol–water partition coefficient (Wildman–Crippen LogP) is 4.85. The second-order valence-corrected chi connectivity index (χ2v) is 7.05. The van der Waals surface area contributed by atoms with Gasteiger partial charge in [0.05, 0.1) is 27.4 Å². The zero-order chi connectivity index (χ0) is 17.4. The van der Waals surface area contributed by atoms with Gasteiger partial charge in [0.2, 0.25) is 0 Å². The number of halogens is 2. The number of aromatic amines is 1. The van der Waals surface area contributed by atoms with Crippen LogP contribution < -0.4 is 4.90 Å². The van der Waals surface area contributed by atoms with E-state index in [-0.39, 0.29) is 11.9 Å². The standard InChI is InChI=1S/C18H16Cl2N4O/c19-14-9-21-10-15(20)17(14)24(13-3-1-2-4-13)18(25)11-5-6-12-8-22-23-16(12)7-11/h5-10,13H,1-4H2,(H,22,23). The summed E-state index contributed by atoms with van der Waals surface area (Å²) < 4.78 is 0. The Morgan fingerprint density at radius 3 is 2.56 bits per heavy atom. The Bertz CT molecular complexity index is 913. The van der Waals surface area contributed by atoms with E-state index in [0.29, 0.717) is 21.3 Å². The Labute approximate surface area is 154 Å². The first-order chi connectivity index (χ1) is 12.1. The smallest absolute Gasteiger partial charge is 0.258 e. The van der Waals surface area contributed by atoms with Gasteiger partial charge in [0.25, 0.3) is 5.91 Å². The lowest BCUT2D eigenvalue weighted by Crippen LogP contribution is -2.39. The van der Waals surface area contributed by atoms with Gasteiger partial charge in [0.1, 0.15) is 0 Å².